The van der Waals surface area contributed by atoms with Crippen LogP contribution in [0, 0.1) is 0 Å². The fourth-order valence-electron chi connectivity index (χ4n) is 4.69. The molecule has 0 aliphatic carbocycles. The second kappa shape index (κ2) is 22.0. The van der Waals surface area contributed by atoms with Gasteiger partial charge in [-0.1, -0.05) is 94.8 Å². The van der Waals surface area contributed by atoms with Gasteiger partial charge in [-0.2, -0.15) is 0 Å². The summed E-state index contributed by atoms with van der Waals surface area (Å²) >= 11 is 0. The fraction of sp³-hybridized carbons (Fsp3) is 0.410. The van der Waals surface area contributed by atoms with E-state index in [1.165, 1.54) is 5.56 Å². The number of benzene rings is 3. The summed E-state index contributed by atoms with van der Waals surface area (Å²) < 4.78 is 22.5. The molecule has 0 aromatic heterocycles. The molecule has 3 rings (SSSR count). The molecule has 0 spiro atoms. The van der Waals surface area contributed by atoms with Crippen LogP contribution in [0.4, 0.5) is 5.69 Å². The second-order valence-electron chi connectivity index (χ2n) is 11.3. The highest BCUT2D eigenvalue weighted by molar-refractivity contribution is 6.05. The van der Waals surface area contributed by atoms with Crippen molar-refractivity contribution in [1.82, 2.24) is 0 Å². The van der Waals surface area contributed by atoms with Crippen LogP contribution in [-0.4, -0.2) is 37.7 Å². The highest BCUT2D eigenvalue weighted by atomic mass is 16.6. The summed E-state index contributed by atoms with van der Waals surface area (Å²) in [5.41, 5.74) is 2.06. The maximum Gasteiger partial charge on any atom is 0.374 e. The topological polar surface area (TPSA) is 100 Å². The molecule has 47 heavy (non-hydrogen) atoms. The van der Waals surface area contributed by atoms with Crippen molar-refractivity contribution < 1.29 is 33.3 Å². The number of hydrogen-bond acceptors (Lipinski definition) is 7. The zero-order valence-electron chi connectivity index (χ0n) is 27.8. The van der Waals surface area contributed by atoms with Crippen molar-refractivity contribution >= 4 is 23.5 Å². The van der Waals surface area contributed by atoms with E-state index >= 15 is 0 Å². The van der Waals surface area contributed by atoms with Crippen LogP contribution in [0.3, 0.4) is 0 Å². The average molecular weight is 644 g/mol. The standard InChI is InChI=1S/C39H49NO7/c1-3-5-7-15-28-45-37(41)30-36(39(43)46-29-16-8-6-4-2)47-35-22-13-12-21-34(35)40-38(42)32-23-25-33(26-24-32)44-27-17-14-20-31-18-10-9-11-19-31/h9-13,18-19,21-26,30H,3-8,14-17,20,27-29H2,1-2H3,(H,40,42)/b36-30+. The Morgan fingerprint density at radius 1 is 0.660 bits per heavy atom. The van der Waals surface area contributed by atoms with Gasteiger partial charge in [-0.05, 0) is 74.1 Å². The zero-order valence-corrected chi connectivity index (χ0v) is 27.8. The summed E-state index contributed by atoms with van der Waals surface area (Å²) in [5, 5.41) is 2.84. The van der Waals surface area contributed by atoms with E-state index in [9.17, 15) is 14.4 Å². The van der Waals surface area contributed by atoms with Gasteiger partial charge in [0.2, 0.25) is 5.76 Å². The van der Waals surface area contributed by atoms with Crippen LogP contribution in [0.15, 0.2) is 90.7 Å². The number of unbranched alkanes of at least 4 members (excludes halogenated alkanes) is 7. The molecular formula is C39H49NO7. The first-order valence-corrected chi connectivity index (χ1v) is 16.9. The van der Waals surface area contributed by atoms with Crippen molar-refractivity contribution in [2.75, 3.05) is 25.1 Å². The van der Waals surface area contributed by atoms with Gasteiger partial charge in [0.05, 0.1) is 31.6 Å². The molecule has 0 saturated carbocycles. The summed E-state index contributed by atoms with van der Waals surface area (Å²) in [6, 6.07) is 24.0. The quantitative estimate of drug-likeness (QED) is 0.0505. The molecule has 0 saturated heterocycles. The number of hydrogen-bond donors (Lipinski definition) is 1. The van der Waals surface area contributed by atoms with Crippen molar-refractivity contribution in [3.05, 3.63) is 102 Å². The number of carbonyl (C=O) groups is 3. The summed E-state index contributed by atoms with van der Waals surface area (Å²) in [4.78, 5) is 38.7. The minimum Gasteiger partial charge on any atom is -0.494 e. The molecule has 252 valence electrons. The van der Waals surface area contributed by atoms with Gasteiger partial charge in [0.25, 0.3) is 5.91 Å². The van der Waals surface area contributed by atoms with Gasteiger partial charge >= 0.3 is 11.9 Å². The molecule has 0 unspecified atom stereocenters. The molecule has 1 amide bonds. The molecule has 0 bridgehead atoms. The van der Waals surface area contributed by atoms with E-state index < -0.39 is 11.9 Å². The van der Waals surface area contributed by atoms with Gasteiger partial charge in [-0.3, -0.25) is 4.79 Å². The molecule has 3 aromatic rings. The predicted molar refractivity (Wildman–Crippen MR) is 185 cm³/mol. The van der Waals surface area contributed by atoms with E-state index in [1.807, 2.05) is 18.2 Å². The van der Waals surface area contributed by atoms with Crippen molar-refractivity contribution in [2.45, 2.75) is 84.5 Å². The number of carbonyl (C=O) groups excluding carboxylic acids is 3. The Morgan fingerprint density at radius 2 is 1.30 bits per heavy atom. The Balaban J connectivity index is 1.59. The number of rotatable bonds is 22. The van der Waals surface area contributed by atoms with Crippen LogP contribution in [0.2, 0.25) is 0 Å². The molecule has 1 N–H and O–H groups in total. The maximum atomic E-state index is 13.1. The van der Waals surface area contributed by atoms with Gasteiger partial charge in [0.15, 0.2) is 5.75 Å². The Morgan fingerprint density at radius 3 is 2.00 bits per heavy atom. The SMILES string of the molecule is CCCCCCOC(=O)/C=C(/Oc1ccccc1NC(=O)c1ccc(OCCCCc2ccccc2)cc1)C(=O)OCCCCCC. The fourth-order valence-corrected chi connectivity index (χ4v) is 4.69. The Labute approximate surface area is 279 Å². The van der Waals surface area contributed by atoms with Gasteiger partial charge in [-0.15, -0.1) is 0 Å². The first-order valence-electron chi connectivity index (χ1n) is 16.9. The number of esters is 2. The maximum absolute atomic E-state index is 13.1. The van der Waals surface area contributed by atoms with Crippen LogP contribution >= 0.6 is 0 Å². The van der Waals surface area contributed by atoms with E-state index in [-0.39, 0.29) is 30.6 Å². The highest BCUT2D eigenvalue weighted by Gasteiger charge is 2.19. The van der Waals surface area contributed by atoms with Gasteiger partial charge < -0.3 is 24.3 Å². The number of para-hydroxylation sites is 2. The normalized spacial score (nSPS) is 11.1. The number of amides is 1. The van der Waals surface area contributed by atoms with Crippen molar-refractivity contribution in [2.24, 2.45) is 0 Å². The lowest BCUT2D eigenvalue weighted by atomic mass is 10.1. The number of nitrogens with one attached hydrogen (secondary N) is 1. The summed E-state index contributed by atoms with van der Waals surface area (Å²) in [6.07, 6.45) is 11.5. The van der Waals surface area contributed by atoms with E-state index in [0.29, 0.717) is 30.0 Å². The third-order valence-electron chi connectivity index (χ3n) is 7.37. The Bertz CT molecular complexity index is 1390. The first-order chi connectivity index (χ1) is 23.0. The van der Waals surface area contributed by atoms with E-state index in [0.717, 1.165) is 70.3 Å². The van der Waals surface area contributed by atoms with Crippen LogP contribution in [0.1, 0.15) is 94.0 Å². The number of anilines is 1. The van der Waals surface area contributed by atoms with E-state index in [2.05, 4.69) is 31.3 Å². The third-order valence-corrected chi connectivity index (χ3v) is 7.37. The zero-order chi connectivity index (χ0) is 33.5. The van der Waals surface area contributed by atoms with Crippen LogP contribution < -0.4 is 14.8 Å². The third kappa shape index (κ3) is 14.6. The molecule has 8 heteroatoms. The molecule has 0 radical (unpaired) electrons. The van der Waals surface area contributed by atoms with Gasteiger partial charge in [-0.25, -0.2) is 9.59 Å². The van der Waals surface area contributed by atoms with E-state index in [1.54, 1.807) is 48.5 Å². The smallest absolute Gasteiger partial charge is 0.374 e. The molecule has 0 aliphatic rings. The lowest BCUT2D eigenvalue weighted by Gasteiger charge is -2.14. The summed E-state index contributed by atoms with van der Waals surface area (Å²) in [5.74, 6) is -1.29. The van der Waals surface area contributed by atoms with Crippen LogP contribution in [-0.2, 0) is 25.5 Å². The minimum atomic E-state index is -0.777. The van der Waals surface area contributed by atoms with Crippen molar-refractivity contribution in [1.29, 1.82) is 0 Å². The molecular weight excluding hydrogens is 594 g/mol. The summed E-state index contributed by atoms with van der Waals surface area (Å²) in [7, 11) is 0. The monoisotopic (exact) mass is 643 g/mol. The second-order valence-corrected chi connectivity index (χ2v) is 11.3. The van der Waals surface area contributed by atoms with Crippen molar-refractivity contribution in [3.8, 4) is 11.5 Å². The molecule has 0 aliphatic heterocycles. The lowest BCUT2D eigenvalue weighted by Crippen LogP contribution is -2.18. The molecule has 0 heterocycles. The Kier molecular flexibility index (Phi) is 17.3. The molecule has 3 aromatic carbocycles. The van der Waals surface area contributed by atoms with E-state index in [4.69, 9.17) is 18.9 Å². The highest BCUT2D eigenvalue weighted by Crippen LogP contribution is 2.27. The summed E-state index contributed by atoms with van der Waals surface area (Å²) in [6.45, 7) is 5.25. The molecule has 0 atom stereocenters. The minimum absolute atomic E-state index is 0.182. The first kappa shape index (κ1) is 36.9. The predicted octanol–water partition coefficient (Wildman–Crippen LogP) is 8.85. The molecule has 0 fully saturated rings. The lowest BCUT2D eigenvalue weighted by molar-refractivity contribution is -0.143. The molecule has 8 nitrogen and oxygen atoms in total. The van der Waals surface area contributed by atoms with Crippen LogP contribution in [0.5, 0.6) is 11.5 Å². The Hall–Kier alpha value is -4.59. The largest absolute Gasteiger partial charge is 0.494 e. The van der Waals surface area contributed by atoms with Crippen LogP contribution in [0.25, 0.3) is 0 Å². The van der Waals surface area contributed by atoms with Gasteiger partial charge in [0.1, 0.15) is 5.75 Å². The number of aryl methyl sites for hydroxylation is 1. The number of ether oxygens (including phenoxy) is 4. The van der Waals surface area contributed by atoms with Gasteiger partial charge in [0, 0.05) is 5.56 Å². The average Bonchev–Trinajstić information content (AvgIpc) is 3.09. The van der Waals surface area contributed by atoms with Crippen molar-refractivity contribution in [3.63, 3.8) is 0 Å².